The number of thiophene rings is 2. The Hall–Kier alpha value is -5.88. The molecule has 0 fully saturated rings. The third-order valence-corrected chi connectivity index (χ3v) is 14.8. The van der Waals surface area contributed by atoms with Crippen LogP contribution in [-0.2, 0) is 10.8 Å². The molecule has 0 bridgehead atoms. The molecule has 0 N–H and O–H groups in total. The molecule has 9 aromatic rings. The number of hydrogen-bond donors (Lipinski definition) is 0. The Morgan fingerprint density at radius 2 is 0.814 bits per heavy atom. The molecule has 0 spiro atoms. The van der Waals surface area contributed by atoms with Crippen molar-refractivity contribution in [2.24, 2.45) is 0 Å². The van der Waals surface area contributed by atoms with Gasteiger partial charge in [-0.05, 0) is 85.9 Å². The fourth-order valence-electron chi connectivity index (χ4n) is 9.44. The van der Waals surface area contributed by atoms with E-state index in [-0.39, 0.29) is 17.5 Å². The molecule has 0 aliphatic carbocycles. The highest BCUT2D eigenvalue weighted by atomic mass is 32.1. The minimum atomic E-state index is -0.0269. The van der Waals surface area contributed by atoms with Crippen LogP contribution in [0.1, 0.15) is 52.7 Å². The van der Waals surface area contributed by atoms with Gasteiger partial charge in [-0.3, -0.25) is 0 Å². The summed E-state index contributed by atoms with van der Waals surface area (Å²) in [5, 5.41) is 2.55. The third kappa shape index (κ3) is 5.66. The summed E-state index contributed by atoms with van der Waals surface area (Å²) < 4.78 is 2.58. The van der Waals surface area contributed by atoms with Crippen molar-refractivity contribution < 1.29 is 0 Å². The van der Waals surface area contributed by atoms with Crippen LogP contribution in [0.25, 0.3) is 41.1 Å². The Bertz CT molecular complexity index is 2890. The van der Waals surface area contributed by atoms with E-state index in [2.05, 4.69) is 215 Å². The molecule has 2 aliphatic heterocycles. The number of nitrogens with zero attached hydrogens (tertiary/aromatic N) is 2. The number of fused-ring (bicyclic) bond motifs is 6. The van der Waals surface area contributed by atoms with Crippen LogP contribution in [0.15, 0.2) is 164 Å². The molecule has 2 aliphatic rings. The lowest BCUT2D eigenvalue weighted by molar-refractivity contribution is 0.590. The first-order valence-electron chi connectivity index (χ1n) is 20.7. The highest BCUT2D eigenvalue weighted by Gasteiger charge is 2.45. The molecule has 0 saturated heterocycles. The Kier molecular flexibility index (Phi) is 8.18. The van der Waals surface area contributed by atoms with E-state index >= 15 is 0 Å². The van der Waals surface area contributed by atoms with Crippen LogP contribution in [0.4, 0.5) is 34.1 Å². The maximum atomic E-state index is 2.62. The molecular weight excluding hydrogens is 752 g/mol. The minimum absolute atomic E-state index is 0.0263. The number of rotatable bonds is 4. The fourth-order valence-corrected chi connectivity index (χ4v) is 11.8. The van der Waals surface area contributed by atoms with Gasteiger partial charge >= 0.3 is 0 Å². The molecule has 11 rings (SSSR count). The molecule has 0 saturated carbocycles. The van der Waals surface area contributed by atoms with Gasteiger partial charge in [0.1, 0.15) is 0 Å². The Labute approximate surface area is 356 Å². The monoisotopic (exact) mass is 796 g/mol. The predicted molar refractivity (Wildman–Crippen MR) is 260 cm³/mol. The standard InChI is InChI=1S/C54H45BN2S2/c1-53(2,3)36-28-30-42-40(32-36)55-41-33-37(54(4,5)6)29-31-43(41)57(50-39-23-14-16-27-47(39)59-52(50)35-20-11-8-12-21-35)45-25-17-24-44(48(45)55)56(42)49-38-22-13-15-26-46(38)58-51(49)34-18-9-7-10-19-34/h7-33H,1-6H3. The summed E-state index contributed by atoms with van der Waals surface area (Å²) in [6.45, 7) is 14.1. The molecule has 0 radical (unpaired) electrons. The van der Waals surface area contributed by atoms with E-state index in [1.54, 1.807) is 0 Å². The van der Waals surface area contributed by atoms with Crippen molar-refractivity contribution in [2.75, 3.05) is 9.80 Å². The van der Waals surface area contributed by atoms with Crippen LogP contribution >= 0.6 is 22.7 Å². The van der Waals surface area contributed by atoms with Gasteiger partial charge in [0, 0.05) is 42.9 Å². The van der Waals surface area contributed by atoms with Gasteiger partial charge in [0.05, 0.1) is 21.1 Å². The van der Waals surface area contributed by atoms with Gasteiger partial charge in [0.2, 0.25) is 0 Å². The third-order valence-electron chi connectivity index (χ3n) is 12.4. The highest BCUT2D eigenvalue weighted by molar-refractivity contribution is 7.23. The molecule has 2 aromatic heterocycles. The molecule has 286 valence electrons. The van der Waals surface area contributed by atoms with Gasteiger partial charge in [0.15, 0.2) is 0 Å². The van der Waals surface area contributed by atoms with Crippen molar-refractivity contribution in [3.8, 4) is 20.9 Å². The maximum absolute atomic E-state index is 2.62. The molecule has 5 heteroatoms. The molecule has 0 atom stereocenters. The average Bonchev–Trinajstić information content (AvgIpc) is 3.82. The van der Waals surface area contributed by atoms with E-state index < -0.39 is 0 Å². The van der Waals surface area contributed by atoms with Gasteiger partial charge in [-0.1, -0.05) is 169 Å². The zero-order valence-electron chi connectivity index (χ0n) is 34.4. The summed E-state index contributed by atoms with van der Waals surface area (Å²) in [6, 6.07) is 61.7. The normalized spacial score (nSPS) is 13.5. The summed E-state index contributed by atoms with van der Waals surface area (Å²) in [5.74, 6) is 0. The van der Waals surface area contributed by atoms with Crippen molar-refractivity contribution in [1.29, 1.82) is 0 Å². The van der Waals surface area contributed by atoms with E-state index in [0.29, 0.717) is 0 Å². The summed E-state index contributed by atoms with van der Waals surface area (Å²) >= 11 is 3.79. The molecule has 2 nitrogen and oxygen atoms in total. The van der Waals surface area contributed by atoms with E-state index in [1.165, 1.54) is 103 Å². The van der Waals surface area contributed by atoms with E-state index in [1.807, 2.05) is 22.7 Å². The summed E-state index contributed by atoms with van der Waals surface area (Å²) in [4.78, 5) is 7.82. The zero-order valence-corrected chi connectivity index (χ0v) is 36.0. The van der Waals surface area contributed by atoms with Crippen molar-refractivity contribution in [1.82, 2.24) is 0 Å². The van der Waals surface area contributed by atoms with Crippen LogP contribution in [0.3, 0.4) is 0 Å². The quantitative estimate of drug-likeness (QED) is 0.164. The lowest BCUT2D eigenvalue weighted by Crippen LogP contribution is -2.61. The van der Waals surface area contributed by atoms with Gasteiger partial charge in [-0.2, -0.15) is 0 Å². The molecule has 0 amide bonds. The first kappa shape index (κ1) is 36.2. The molecule has 7 aromatic carbocycles. The second-order valence-corrected chi connectivity index (χ2v) is 20.2. The predicted octanol–water partition coefficient (Wildman–Crippen LogP) is 14.1. The second-order valence-electron chi connectivity index (χ2n) is 18.1. The lowest BCUT2D eigenvalue weighted by Gasteiger charge is -2.45. The molecular formula is C54H45BN2S2. The molecule has 0 unspecified atom stereocenters. The van der Waals surface area contributed by atoms with Crippen LogP contribution in [0.2, 0.25) is 0 Å². The van der Waals surface area contributed by atoms with Crippen molar-refractivity contribution in [2.45, 2.75) is 52.4 Å². The number of anilines is 6. The first-order valence-corrected chi connectivity index (χ1v) is 22.4. The summed E-state index contributed by atoms with van der Waals surface area (Å²) in [6.07, 6.45) is 0. The SMILES string of the molecule is CC(C)(C)c1ccc2c(c1)B1c3cc(C(C)(C)C)ccc3N(c3c(-c4ccccc4)sc4ccccc34)c3cccc(c31)N2c1c(-c2ccccc2)sc2ccccc12. The van der Waals surface area contributed by atoms with E-state index in [0.717, 1.165) is 0 Å². The maximum Gasteiger partial charge on any atom is 0.252 e. The highest BCUT2D eigenvalue weighted by Crippen LogP contribution is 2.54. The number of benzene rings is 7. The van der Waals surface area contributed by atoms with Gasteiger partial charge in [-0.25, -0.2) is 0 Å². The van der Waals surface area contributed by atoms with Crippen LogP contribution < -0.4 is 26.2 Å². The average molecular weight is 797 g/mol. The van der Waals surface area contributed by atoms with Crippen molar-refractivity contribution in [3.63, 3.8) is 0 Å². The molecule has 59 heavy (non-hydrogen) atoms. The van der Waals surface area contributed by atoms with Crippen molar-refractivity contribution >= 4 is 100 Å². The molecule has 4 heterocycles. The Morgan fingerprint density at radius 1 is 0.407 bits per heavy atom. The number of hydrogen-bond acceptors (Lipinski definition) is 4. The van der Waals surface area contributed by atoms with E-state index in [9.17, 15) is 0 Å². The Morgan fingerprint density at radius 3 is 1.24 bits per heavy atom. The van der Waals surface area contributed by atoms with Crippen LogP contribution in [0.5, 0.6) is 0 Å². The Balaban J connectivity index is 1.29. The van der Waals surface area contributed by atoms with Crippen LogP contribution in [0, 0.1) is 0 Å². The van der Waals surface area contributed by atoms with Crippen LogP contribution in [-0.4, -0.2) is 6.71 Å². The van der Waals surface area contributed by atoms with Gasteiger partial charge in [-0.15, -0.1) is 22.7 Å². The van der Waals surface area contributed by atoms with Crippen molar-refractivity contribution in [3.05, 3.63) is 175 Å². The second kappa shape index (κ2) is 13.3. The van der Waals surface area contributed by atoms with E-state index in [4.69, 9.17) is 0 Å². The zero-order chi connectivity index (χ0) is 40.2. The smallest absolute Gasteiger partial charge is 0.252 e. The minimum Gasteiger partial charge on any atom is -0.309 e. The first-order chi connectivity index (χ1) is 28.6. The fraction of sp³-hybridized carbons (Fsp3) is 0.148. The largest absolute Gasteiger partial charge is 0.309 e. The summed E-state index contributed by atoms with van der Waals surface area (Å²) in [7, 11) is 0. The van der Waals surface area contributed by atoms with Gasteiger partial charge < -0.3 is 9.80 Å². The lowest BCUT2D eigenvalue weighted by atomic mass is 9.33. The summed E-state index contributed by atoms with van der Waals surface area (Å²) in [5.41, 5.74) is 16.7. The van der Waals surface area contributed by atoms with Gasteiger partial charge in [0.25, 0.3) is 6.71 Å². The topological polar surface area (TPSA) is 6.48 Å².